The minimum Gasteiger partial charge on any atom is -0.497 e. The third-order valence-corrected chi connectivity index (χ3v) is 4.10. The van der Waals surface area contributed by atoms with Crippen LogP contribution >= 0.6 is 0 Å². The molecule has 21 heavy (non-hydrogen) atoms. The van der Waals surface area contributed by atoms with Gasteiger partial charge < -0.3 is 10.1 Å². The summed E-state index contributed by atoms with van der Waals surface area (Å²) in [6.07, 6.45) is 5.84. The van der Waals surface area contributed by atoms with Crippen molar-refractivity contribution in [2.75, 3.05) is 7.11 Å². The van der Waals surface area contributed by atoms with E-state index in [4.69, 9.17) is 4.74 Å². The number of rotatable bonds is 5. The van der Waals surface area contributed by atoms with E-state index in [1.54, 1.807) is 7.11 Å². The van der Waals surface area contributed by atoms with Crippen molar-refractivity contribution in [3.63, 3.8) is 0 Å². The van der Waals surface area contributed by atoms with Crippen molar-refractivity contribution in [2.24, 2.45) is 0 Å². The molecule has 1 N–H and O–H groups in total. The highest BCUT2D eigenvalue weighted by atomic mass is 16.5. The van der Waals surface area contributed by atoms with E-state index in [-0.39, 0.29) is 5.91 Å². The molecule has 0 atom stereocenters. The molecule has 1 aromatic carbocycles. The normalized spacial score (nSPS) is 16.8. The van der Waals surface area contributed by atoms with Crippen LogP contribution in [0, 0.1) is 11.3 Å². The first-order chi connectivity index (χ1) is 10.2. The van der Waals surface area contributed by atoms with Gasteiger partial charge in [0, 0.05) is 6.42 Å². The quantitative estimate of drug-likeness (QED) is 0.905. The largest absolute Gasteiger partial charge is 0.497 e. The maximum atomic E-state index is 12.1. The van der Waals surface area contributed by atoms with E-state index >= 15 is 0 Å². The molecule has 0 heterocycles. The van der Waals surface area contributed by atoms with Gasteiger partial charge in [0.25, 0.3) is 0 Å². The number of aryl methyl sites for hydroxylation is 1. The highest BCUT2D eigenvalue weighted by molar-refractivity contribution is 5.77. The highest BCUT2D eigenvalue weighted by Crippen LogP contribution is 2.27. The minimum atomic E-state index is -0.630. The van der Waals surface area contributed by atoms with Gasteiger partial charge in [0.15, 0.2) is 0 Å². The van der Waals surface area contributed by atoms with Gasteiger partial charge in [-0.3, -0.25) is 4.79 Å². The number of hydrogen-bond donors (Lipinski definition) is 1. The van der Waals surface area contributed by atoms with E-state index in [1.807, 2.05) is 24.3 Å². The third kappa shape index (κ3) is 4.22. The van der Waals surface area contributed by atoms with Crippen LogP contribution < -0.4 is 10.1 Å². The number of nitrogens with one attached hydrogen (secondary N) is 1. The summed E-state index contributed by atoms with van der Waals surface area (Å²) in [6.45, 7) is 0. The van der Waals surface area contributed by atoms with Crippen LogP contribution in [0.3, 0.4) is 0 Å². The lowest BCUT2D eigenvalue weighted by Crippen LogP contribution is -2.48. The van der Waals surface area contributed by atoms with E-state index in [9.17, 15) is 10.1 Å². The number of nitrogens with zero attached hydrogens (tertiary/aromatic N) is 1. The topological polar surface area (TPSA) is 62.1 Å². The molecule has 112 valence electrons. The fraction of sp³-hybridized carbons (Fsp3) is 0.529. The number of nitriles is 1. The second kappa shape index (κ2) is 7.12. The lowest BCUT2D eigenvalue weighted by atomic mass is 9.82. The standard InChI is InChI=1S/C17H22N2O2/c1-21-15-8-5-14(6-9-15)7-10-16(20)19-17(13-18)11-3-2-4-12-17/h5-6,8-9H,2-4,7,10-12H2,1H3,(H,19,20). The van der Waals surface area contributed by atoms with Crippen molar-refractivity contribution >= 4 is 5.91 Å². The molecule has 1 amide bonds. The van der Waals surface area contributed by atoms with Crippen LogP contribution in [0.5, 0.6) is 5.75 Å². The molecule has 0 unspecified atom stereocenters. The minimum absolute atomic E-state index is 0.0331. The number of methoxy groups -OCH3 is 1. The maximum absolute atomic E-state index is 12.1. The summed E-state index contributed by atoms with van der Waals surface area (Å²) in [5.74, 6) is 0.781. The Morgan fingerprint density at radius 2 is 1.95 bits per heavy atom. The predicted octanol–water partition coefficient (Wildman–Crippen LogP) is 2.97. The molecule has 1 aromatic rings. The Morgan fingerprint density at radius 3 is 2.52 bits per heavy atom. The second-order valence-electron chi connectivity index (χ2n) is 5.65. The molecule has 1 aliphatic carbocycles. The zero-order valence-corrected chi connectivity index (χ0v) is 12.5. The van der Waals surface area contributed by atoms with E-state index in [2.05, 4.69) is 11.4 Å². The number of carbonyl (C=O) groups excluding carboxylic acids is 1. The van der Waals surface area contributed by atoms with Crippen molar-refractivity contribution < 1.29 is 9.53 Å². The molecule has 0 aromatic heterocycles. The van der Waals surface area contributed by atoms with Gasteiger partial charge in [-0.2, -0.15) is 5.26 Å². The molecule has 4 nitrogen and oxygen atoms in total. The van der Waals surface area contributed by atoms with E-state index in [0.29, 0.717) is 12.8 Å². The molecule has 1 aliphatic rings. The Balaban J connectivity index is 1.85. The smallest absolute Gasteiger partial charge is 0.221 e. The van der Waals surface area contributed by atoms with Gasteiger partial charge in [0.2, 0.25) is 5.91 Å². The second-order valence-corrected chi connectivity index (χ2v) is 5.65. The molecule has 1 saturated carbocycles. The van der Waals surface area contributed by atoms with E-state index in [1.165, 1.54) is 0 Å². The summed E-state index contributed by atoms with van der Waals surface area (Å²) in [6, 6.07) is 10.0. The Morgan fingerprint density at radius 1 is 1.29 bits per heavy atom. The molecular weight excluding hydrogens is 264 g/mol. The van der Waals surface area contributed by atoms with Crippen LogP contribution in [0.2, 0.25) is 0 Å². The van der Waals surface area contributed by atoms with Crippen LogP contribution in [0.1, 0.15) is 44.1 Å². The van der Waals surface area contributed by atoms with Gasteiger partial charge in [-0.15, -0.1) is 0 Å². The van der Waals surface area contributed by atoms with Gasteiger partial charge >= 0.3 is 0 Å². The molecule has 2 rings (SSSR count). The van der Waals surface area contributed by atoms with Gasteiger partial charge in [-0.05, 0) is 37.0 Å². The summed E-state index contributed by atoms with van der Waals surface area (Å²) in [5, 5.41) is 12.3. The summed E-state index contributed by atoms with van der Waals surface area (Å²) in [5.41, 5.74) is 0.468. The third-order valence-electron chi connectivity index (χ3n) is 4.10. The molecule has 0 bridgehead atoms. The van der Waals surface area contributed by atoms with Crippen molar-refractivity contribution in [3.8, 4) is 11.8 Å². The molecule has 0 radical (unpaired) electrons. The van der Waals surface area contributed by atoms with Crippen molar-refractivity contribution in [2.45, 2.75) is 50.5 Å². The fourth-order valence-electron chi connectivity index (χ4n) is 2.80. The fourth-order valence-corrected chi connectivity index (χ4v) is 2.80. The number of hydrogen-bond acceptors (Lipinski definition) is 3. The van der Waals surface area contributed by atoms with Crippen LogP contribution in [-0.2, 0) is 11.2 Å². The van der Waals surface area contributed by atoms with Crippen LogP contribution in [0.25, 0.3) is 0 Å². The van der Waals surface area contributed by atoms with Crippen LogP contribution in [0.4, 0.5) is 0 Å². The Hall–Kier alpha value is -2.02. The first-order valence-corrected chi connectivity index (χ1v) is 7.53. The van der Waals surface area contributed by atoms with Crippen molar-refractivity contribution in [1.29, 1.82) is 5.26 Å². The van der Waals surface area contributed by atoms with Gasteiger partial charge in [0.1, 0.15) is 11.3 Å². The first kappa shape index (κ1) is 15.4. The zero-order valence-electron chi connectivity index (χ0n) is 12.5. The van der Waals surface area contributed by atoms with Gasteiger partial charge in [-0.1, -0.05) is 31.4 Å². The molecule has 1 fully saturated rings. The molecule has 0 aliphatic heterocycles. The Kier molecular flexibility index (Phi) is 5.21. The van der Waals surface area contributed by atoms with Gasteiger partial charge in [-0.25, -0.2) is 0 Å². The predicted molar refractivity (Wildman–Crippen MR) is 80.9 cm³/mol. The van der Waals surface area contributed by atoms with E-state index in [0.717, 1.165) is 43.4 Å². The molecule has 0 spiro atoms. The average Bonchev–Trinajstić information content (AvgIpc) is 2.54. The Labute approximate surface area is 126 Å². The van der Waals surface area contributed by atoms with Crippen molar-refractivity contribution in [3.05, 3.63) is 29.8 Å². The molecular formula is C17H22N2O2. The summed E-state index contributed by atoms with van der Waals surface area (Å²) in [4.78, 5) is 12.1. The van der Waals surface area contributed by atoms with Crippen LogP contribution in [0.15, 0.2) is 24.3 Å². The summed E-state index contributed by atoms with van der Waals surface area (Å²) in [7, 11) is 1.63. The summed E-state index contributed by atoms with van der Waals surface area (Å²) < 4.78 is 5.11. The number of carbonyl (C=O) groups is 1. The lowest BCUT2D eigenvalue weighted by Gasteiger charge is -2.31. The lowest BCUT2D eigenvalue weighted by molar-refractivity contribution is -0.122. The average molecular weight is 286 g/mol. The monoisotopic (exact) mass is 286 g/mol. The molecule has 0 saturated heterocycles. The zero-order chi connectivity index (χ0) is 15.1. The van der Waals surface area contributed by atoms with Crippen LogP contribution in [-0.4, -0.2) is 18.6 Å². The van der Waals surface area contributed by atoms with E-state index < -0.39 is 5.54 Å². The van der Waals surface area contributed by atoms with Gasteiger partial charge in [0.05, 0.1) is 13.2 Å². The number of amides is 1. The maximum Gasteiger partial charge on any atom is 0.221 e. The number of ether oxygens (including phenoxy) is 1. The summed E-state index contributed by atoms with van der Waals surface area (Å²) >= 11 is 0. The Bertz CT molecular complexity index is 511. The molecule has 4 heteroatoms. The number of benzene rings is 1. The first-order valence-electron chi connectivity index (χ1n) is 7.53. The SMILES string of the molecule is COc1ccc(CCC(=O)NC2(C#N)CCCCC2)cc1. The van der Waals surface area contributed by atoms with Crippen molar-refractivity contribution in [1.82, 2.24) is 5.32 Å². The highest BCUT2D eigenvalue weighted by Gasteiger charge is 2.33.